The van der Waals surface area contributed by atoms with Gasteiger partial charge in [0.1, 0.15) is 17.1 Å². The molecule has 0 saturated carbocycles. The number of nitrogens with one attached hydrogen (secondary N) is 1. The monoisotopic (exact) mass is 340 g/mol. The summed E-state index contributed by atoms with van der Waals surface area (Å²) in [6.45, 7) is 6.57. The molecule has 0 spiro atoms. The largest absolute Gasteiger partial charge is 0.494 e. The zero-order chi connectivity index (χ0) is 17.6. The van der Waals surface area contributed by atoms with Gasteiger partial charge in [-0.1, -0.05) is 18.2 Å². The molecule has 0 bridgehead atoms. The first-order valence-corrected chi connectivity index (χ1v) is 8.50. The molecule has 0 radical (unpaired) electrons. The zero-order valence-corrected chi connectivity index (χ0v) is 15.0. The average Bonchev–Trinajstić information content (AvgIpc) is 3.00. The highest BCUT2D eigenvalue weighted by Crippen LogP contribution is 2.25. The number of methoxy groups -OCH3 is 1. The highest BCUT2D eigenvalue weighted by atomic mass is 16.5. The molecule has 6 heteroatoms. The Morgan fingerprint density at radius 3 is 2.80 bits per heavy atom. The minimum Gasteiger partial charge on any atom is -0.494 e. The lowest BCUT2D eigenvalue weighted by atomic mass is 10.2. The summed E-state index contributed by atoms with van der Waals surface area (Å²) >= 11 is 0. The second-order valence-electron chi connectivity index (χ2n) is 5.76. The molecule has 6 nitrogen and oxygen atoms in total. The predicted molar refractivity (Wildman–Crippen MR) is 99.3 cm³/mol. The third kappa shape index (κ3) is 3.91. The molecule has 0 amide bonds. The maximum absolute atomic E-state index is 5.75. The molecule has 0 fully saturated rings. The van der Waals surface area contributed by atoms with Crippen LogP contribution >= 0.6 is 0 Å². The normalized spacial score (nSPS) is 11.0. The van der Waals surface area contributed by atoms with Crippen molar-refractivity contribution in [3.8, 4) is 5.75 Å². The summed E-state index contributed by atoms with van der Waals surface area (Å²) in [5, 5.41) is 3.35. The van der Waals surface area contributed by atoms with Crippen molar-refractivity contribution >= 4 is 16.9 Å². The summed E-state index contributed by atoms with van der Waals surface area (Å²) in [7, 11) is 1.69. The molecule has 3 rings (SSSR count). The number of para-hydroxylation sites is 1. The van der Waals surface area contributed by atoms with Crippen LogP contribution in [0.3, 0.4) is 0 Å². The van der Waals surface area contributed by atoms with Gasteiger partial charge in [-0.2, -0.15) is 0 Å². The molecule has 0 unspecified atom stereocenters. The van der Waals surface area contributed by atoms with Gasteiger partial charge in [0.05, 0.1) is 25.3 Å². The van der Waals surface area contributed by atoms with Crippen molar-refractivity contribution in [2.75, 3.05) is 32.2 Å². The molecule has 25 heavy (non-hydrogen) atoms. The fraction of sp³-hybridized carbons (Fsp3) is 0.368. The van der Waals surface area contributed by atoms with Gasteiger partial charge in [0, 0.05) is 25.4 Å². The number of rotatable bonds is 8. The van der Waals surface area contributed by atoms with Crippen molar-refractivity contribution in [1.82, 2.24) is 14.5 Å². The van der Waals surface area contributed by atoms with Gasteiger partial charge >= 0.3 is 0 Å². The molecular weight excluding hydrogens is 316 g/mol. The number of fused-ring (bicyclic) bond motifs is 1. The van der Waals surface area contributed by atoms with E-state index in [2.05, 4.69) is 25.9 Å². The van der Waals surface area contributed by atoms with Crippen LogP contribution in [0.1, 0.15) is 18.3 Å². The van der Waals surface area contributed by atoms with Crippen molar-refractivity contribution < 1.29 is 9.47 Å². The smallest absolute Gasteiger partial charge is 0.154 e. The van der Waals surface area contributed by atoms with E-state index in [9.17, 15) is 0 Å². The second kappa shape index (κ2) is 7.98. The molecular formula is C19H24N4O2. The first-order chi connectivity index (χ1) is 12.2. The minimum absolute atomic E-state index is 0.623. The Morgan fingerprint density at radius 2 is 2.00 bits per heavy atom. The van der Waals surface area contributed by atoms with E-state index >= 15 is 0 Å². The Kier molecular flexibility index (Phi) is 5.50. The molecule has 1 N–H and O–H groups in total. The van der Waals surface area contributed by atoms with Gasteiger partial charge in [-0.05, 0) is 26.0 Å². The van der Waals surface area contributed by atoms with Crippen LogP contribution in [-0.2, 0) is 11.3 Å². The number of ether oxygens (including phenoxy) is 2. The van der Waals surface area contributed by atoms with E-state index in [1.807, 2.05) is 44.3 Å². The van der Waals surface area contributed by atoms with Gasteiger partial charge in [-0.25, -0.2) is 9.97 Å². The molecule has 132 valence electrons. The Balaban J connectivity index is 1.97. The van der Waals surface area contributed by atoms with Gasteiger partial charge in [0.15, 0.2) is 5.82 Å². The molecule has 2 aromatic heterocycles. The maximum atomic E-state index is 5.75. The SMILES string of the molecule is CCOc1ccccc1Cn1ccc2nc(C)nc(NCCOC)c21. The van der Waals surface area contributed by atoms with Gasteiger partial charge in [-0.15, -0.1) is 0 Å². The number of hydrogen-bond acceptors (Lipinski definition) is 5. The van der Waals surface area contributed by atoms with Crippen LogP contribution in [0.25, 0.3) is 11.0 Å². The number of aryl methyl sites for hydroxylation is 1. The van der Waals surface area contributed by atoms with Crippen molar-refractivity contribution in [1.29, 1.82) is 0 Å². The van der Waals surface area contributed by atoms with E-state index in [4.69, 9.17) is 9.47 Å². The lowest BCUT2D eigenvalue weighted by Crippen LogP contribution is -2.12. The van der Waals surface area contributed by atoms with Crippen LogP contribution in [0.15, 0.2) is 36.5 Å². The first-order valence-electron chi connectivity index (χ1n) is 8.50. The lowest BCUT2D eigenvalue weighted by molar-refractivity contribution is 0.210. The first kappa shape index (κ1) is 17.2. The van der Waals surface area contributed by atoms with Crippen LogP contribution in [-0.4, -0.2) is 41.4 Å². The number of aromatic nitrogens is 3. The molecule has 0 aliphatic rings. The van der Waals surface area contributed by atoms with Crippen LogP contribution in [0.2, 0.25) is 0 Å². The maximum Gasteiger partial charge on any atom is 0.154 e. The number of benzene rings is 1. The third-order valence-electron chi connectivity index (χ3n) is 3.93. The molecule has 0 saturated heterocycles. The van der Waals surface area contributed by atoms with Gasteiger partial charge in [0.25, 0.3) is 0 Å². The topological polar surface area (TPSA) is 61.2 Å². The third-order valence-corrected chi connectivity index (χ3v) is 3.93. The van der Waals surface area contributed by atoms with Gasteiger partial charge < -0.3 is 19.4 Å². The number of anilines is 1. The Bertz CT molecular complexity index is 845. The Labute approximate surface area is 147 Å². The van der Waals surface area contributed by atoms with E-state index in [1.54, 1.807) is 7.11 Å². The van der Waals surface area contributed by atoms with Crippen LogP contribution in [0.5, 0.6) is 5.75 Å². The summed E-state index contributed by atoms with van der Waals surface area (Å²) in [5.41, 5.74) is 3.06. The molecule has 2 heterocycles. The van der Waals surface area contributed by atoms with E-state index in [0.29, 0.717) is 26.3 Å². The zero-order valence-electron chi connectivity index (χ0n) is 15.0. The molecule has 1 aromatic carbocycles. The van der Waals surface area contributed by atoms with Gasteiger partial charge in [0.2, 0.25) is 0 Å². The Morgan fingerprint density at radius 1 is 1.16 bits per heavy atom. The highest BCUT2D eigenvalue weighted by molar-refractivity contribution is 5.86. The fourth-order valence-electron chi connectivity index (χ4n) is 2.86. The highest BCUT2D eigenvalue weighted by Gasteiger charge is 2.12. The number of hydrogen-bond donors (Lipinski definition) is 1. The molecule has 0 aliphatic heterocycles. The molecule has 0 atom stereocenters. The quantitative estimate of drug-likeness (QED) is 0.638. The molecule has 0 aliphatic carbocycles. The van der Waals surface area contributed by atoms with Crippen LogP contribution < -0.4 is 10.1 Å². The standard InChI is InChI=1S/C19H24N4O2/c1-4-25-17-8-6-5-7-15(17)13-23-11-9-16-18(23)19(20-10-12-24-3)22-14(2)21-16/h5-9,11H,4,10,12-13H2,1-3H3,(H,20,21,22). The van der Waals surface area contributed by atoms with E-state index < -0.39 is 0 Å². The summed E-state index contributed by atoms with van der Waals surface area (Å²) in [6, 6.07) is 10.1. The van der Waals surface area contributed by atoms with E-state index in [-0.39, 0.29) is 0 Å². The van der Waals surface area contributed by atoms with Gasteiger partial charge in [-0.3, -0.25) is 0 Å². The summed E-state index contributed by atoms with van der Waals surface area (Å²) in [5.74, 6) is 2.49. The van der Waals surface area contributed by atoms with Crippen LogP contribution in [0.4, 0.5) is 5.82 Å². The second-order valence-corrected chi connectivity index (χ2v) is 5.76. The summed E-state index contributed by atoms with van der Waals surface area (Å²) < 4.78 is 13.0. The van der Waals surface area contributed by atoms with Crippen molar-refractivity contribution in [2.24, 2.45) is 0 Å². The minimum atomic E-state index is 0.623. The number of nitrogens with zero attached hydrogens (tertiary/aromatic N) is 3. The van der Waals surface area contributed by atoms with E-state index in [0.717, 1.165) is 34.0 Å². The summed E-state index contributed by atoms with van der Waals surface area (Å²) in [6.07, 6.45) is 2.04. The van der Waals surface area contributed by atoms with Crippen molar-refractivity contribution in [3.05, 3.63) is 47.9 Å². The van der Waals surface area contributed by atoms with Crippen molar-refractivity contribution in [3.63, 3.8) is 0 Å². The van der Waals surface area contributed by atoms with Crippen molar-refractivity contribution in [2.45, 2.75) is 20.4 Å². The summed E-state index contributed by atoms with van der Waals surface area (Å²) in [4.78, 5) is 9.13. The lowest BCUT2D eigenvalue weighted by Gasteiger charge is -2.14. The molecule has 3 aromatic rings. The van der Waals surface area contributed by atoms with E-state index in [1.165, 1.54) is 0 Å². The fourth-order valence-corrected chi connectivity index (χ4v) is 2.86. The Hall–Kier alpha value is -2.60. The van der Waals surface area contributed by atoms with Crippen LogP contribution in [0, 0.1) is 6.92 Å². The predicted octanol–water partition coefficient (Wildman–Crippen LogP) is 3.25. The average molecular weight is 340 g/mol.